The second-order valence-corrected chi connectivity index (χ2v) is 6.44. The van der Waals surface area contributed by atoms with Gasteiger partial charge in [-0.15, -0.1) is 24.0 Å². The van der Waals surface area contributed by atoms with Crippen molar-refractivity contribution in [2.75, 3.05) is 26.5 Å². The molecule has 1 fully saturated rings. The van der Waals surface area contributed by atoms with E-state index >= 15 is 0 Å². The summed E-state index contributed by atoms with van der Waals surface area (Å²) < 4.78 is 16.6. The maximum absolute atomic E-state index is 5.89. The van der Waals surface area contributed by atoms with E-state index in [4.69, 9.17) is 14.2 Å². The van der Waals surface area contributed by atoms with Gasteiger partial charge in [0.25, 0.3) is 0 Å². The number of hydrogen-bond acceptors (Lipinski definition) is 4. The van der Waals surface area contributed by atoms with Crippen molar-refractivity contribution in [1.82, 2.24) is 10.6 Å². The zero-order chi connectivity index (χ0) is 17.3. The Hall–Kier alpha value is -1.22. The molecule has 1 saturated carbocycles. The molecule has 0 radical (unpaired) electrons. The Labute approximate surface area is 173 Å². The van der Waals surface area contributed by atoms with Crippen molar-refractivity contribution in [2.45, 2.75) is 51.7 Å². The Kier molecular flexibility index (Phi) is 9.31. The number of guanidine groups is 1. The molecule has 1 aromatic carbocycles. The van der Waals surface area contributed by atoms with Crippen LogP contribution in [-0.2, 0) is 11.3 Å². The van der Waals surface area contributed by atoms with Crippen LogP contribution in [-0.4, -0.2) is 38.6 Å². The molecule has 0 unspecified atom stereocenters. The first-order valence-electron chi connectivity index (χ1n) is 9.37. The molecule has 2 N–H and O–H groups in total. The number of nitrogens with one attached hydrogen (secondary N) is 2. The Morgan fingerprint density at radius 1 is 1.19 bits per heavy atom. The van der Waals surface area contributed by atoms with Crippen LogP contribution in [0.2, 0.25) is 0 Å². The molecule has 0 amide bonds. The topological polar surface area (TPSA) is 64.1 Å². The van der Waals surface area contributed by atoms with Crippen LogP contribution in [0.3, 0.4) is 0 Å². The van der Waals surface area contributed by atoms with Crippen LogP contribution < -0.4 is 20.1 Å². The van der Waals surface area contributed by atoms with Gasteiger partial charge in [0.05, 0.1) is 12.6 Å². The predicted octanol–water partition coefficient (Wildman–Crippen LogP) is 3.44. The lowest BCUT2D eigenvalue weighted by Crippen LogP contribution is -2.38. The molecule has 26 heavy (non-hydrogen) atoms. The van der Waals surface area contributed by atoms with Gasteiger partial charge in [-0.05, 0) is 43.9 Å². The van der Waals surface area contributed by atoms with E-state index in [1.54, 1.807) is 0 Å². The highest BCUT2D eigenvalue weighted by atomic mass is 127. The molecule has 0 aromatic heterocycles. The van der Waals surface area contributed by atoms with Crippen molar-refractivity contribution in [2.24, 2.45) is 4.99 Å². The predicted molar refractivity (Wildman–Crippen MR) is 114 cm³/mol. The Morgan fingerprint density at radius 3 is 2.81 bits per heavy atom. The highest BCUT2D eigenvalue weighted by Crippen LogP contribution is 2.32. The average Bonchev–Trinajstić information content (AvgIpc) is 3.30. The zero-order valence-electron chi connectivity index (χ0n) is 15.5. The summed E-state index contributed by atoms with van der Waals surface area (Å²) in [7, 11) is 0. The standard InChI is InChI=1S/C19H29N3O3.HI/c1-2-20-19(21-10-5-11-23-16-6-3-4-7-16)22-13-15-8-9-17-18(12-15)25-14-24-17;/h8-9,12,16H,2-7,10-11,13-14H2,1H3,(H2,20,21,22);1H. The summed E-state index contributed by atoms with van der Waals surface area (Å²) in [6.07, 6.45) is 6.58. The number of fused-ring (bicyclic) bond motifs is 1. The van der Waals surface area contributed by atoms with Gasteiger partial charge in [0.15, 0.2) is 17.5 Å². The molecular weight excluding hydrogens is 445 g/mol. The normalized spacial score (nSPS) is 16.4. The molecule has 0 atom stereocenters. The fraction of sp³-hybridized carbons (Fsp3) is 0.632. The summed E-state index contributed by atoms with van der Waals surface area (Å²) in [5.74, 6) is 2.44. The van der Waals surface area contributed by atoms with Crippen LogP contribution >= 0.6 is 24.0 Å². The fourth-order valence-electron chi connectivity index (χ4n) is 3.14. The van der Waals surface area contributed by atoms with E-state index in [2.05, 4.69) is 22.5 Å². The van der Waals surface area contributed by atoms with Gasteiger partial charge >= 0.3 is 0 Å². The minimum atomic E-state index is 0. The Morgan fingerprint density at radius 2 is 2.00 bits per heavy atom. The summed E-state index contributed by atoms with van der Waals surface area (Å²) >= 11 is 0. The molecule has 0 spiro atoms. The SMILES string of the molecule is CCNC(=NCc1ccc2c(c1)OCO2)NCCCOC1CCCC1.I. The second-order valence-electron chi connectivity index (χ2n) is 6.44. The summed E-state index contributed by atoms with van der Waals surface area (Å²) in [6.45, 7) is 5.49. The molecule has 0 saturated heterocycles. The third-order valence-electron chi connectivity index (χ3n) is 4.47. The molecule has 0 bridgehead atoms. The number of benzene rings is 1. The molecule has 3 rings (SSSR count). The van der Waals surface area contributed by atoms with Crippen molar-refractivity contribution in [1.29, 1.82) is 0 Å². The number of aliphatic imine (C=N–C) groups is 1. The lowest BCUT2D eigenvalue weighted by Gasteiger charge is -2.13. The summed E-state index contributed by atoms with van der Waals surface area (Å²) in [5.41, 5.74) is 1.10. The molecule has 1 aromatic rings. The van der Waals surface area contributed by atoms with Gasteiger partial charge in [-0.3, -0.25) is 0 Å². The van der Waals surface area contributed by atoms with Gasteiger partial charge in [0, 0.05) is 19.7 Å². The number of halogens is 1. The van der Waals surface area contributed by atoms with Gasteiger partial charge in [0.1, 0.15) is 0 Å². The quantitative estimate of drug-likeness (QED) is 0.261. The molecule has 1 heterocycles. The molecule has 6 nitrogen and oxygen atoms in total. The molecule has 1 aliphatic carbocycles. The van der Waals surface area contributed by atoms with E-state index in [9.17, 15) is 0 Å². The highest BCUT2D eigenvalue weighted by molar-refractivity contribution is 14.0. The zero-order valence-corrected chi connectivity index (χ0v) is 17.8. The summed E-state index contributed by atoms with van der Waals surface area (Å²) in [5, 5.41) is 6.65. The second kappa shape index (κ2) is 11.5. The Bertz CT molecular complexity index is 577. The van der Waals surface area contributed by atoms with Crippen LogP contribution in [0.1, 0.15) is 44.6 Å². The number of ether oxygens (including phenoxy) is 3. The van der Waals surface area contributed by atoms with Crippen molar-refractivity contribution < 1.29 is 14.2 Å². The smallest absolute Gasteiger partial charge is 0.231 e. The fourth-order valence-corrected chi connectivity index (χ4v) is 3.14. The van der Waals surface area contributed by atoms with E-state index in [1.807, 2.05) is 18.2 Å². The van der Waals surface area contributed by atoms with Crippen LogP contribution in [0.5, 0.6) is 11.5 Å². The van der Waals surface area contributed by atoms with Gasteiger partial charge in [0.2, 0.25) is 6.79 Å². The number of nitrogens with zero attached hydrogens (tertiary/aromatic N) is 1. The van der Waals surface area contributed by atoms with E-state index < -0.39 is 0 Å². The maximum atomic E-state index is 5.89. The largest absolute Gasteiger partial charge is 0.454 e. The highest BCUT2D eigenvalue weighted by Gasteiger charge is 2.15. The lowest BCUT2D eigenvalue weighted by molar-refractivity contribution is 0.0574. The Balaban J connectivity index is 0.00000243. The number of rotatable bonds is 8. The van der Waals surface area contributed by atoms with E-state index in [0.717, 1.165) is 49.1 Å². The minimum absolute atomic E-state index is 0. The van der Waals surface area contributed by atoms with Crippen molar-refractivity contribution in [3.05, 3.63) is 23.8 Å². The molecular formula is C19H30IN3O3. The van der Waals surface area contributed by atoms with E-state index in [1.165, 1.54) is 25.7 Å². The first-order valence-corrected chi connectivity index (χ1v) is 9.37. The molecule has 146 valence electrons. The van der Waals surface area contributed by atoms with Gasteiger partial charge in [-0.1, -0.05) is 18.9 Å². The van der Waals surface area contributed by atoms with E-state index in [0.29, 0.717) is 19.4 Å². The van der Waals surface area contributed by atoms with E-state index in [-0.39, 0.29) is 24.0 Å². The van der Waals surface area contributed by atoms with Crippen molar-refractivity contribution in [3.63, 3.8) is 0 Å². The third kappa shape index (κ3) is 6.50. The van der Waals surface area contributed by atoms with Crippen LogP contribution in [0.4, 0.5) is 0 Å². The number of hydrogen-bond donors (Lipinski definition) is 2. The van der Waals surface area contributed by atoms with Gasteiger partial charge in [-0.2, -0.15) is 0 Å². The first-order chi connectivity index (χ1) is 12.3. The maximum Gasteiger partial charge on any atom is 0.231 e. The molecule has 7 heteroatoms. The van der Waals surface area contributed by atoms with Gasteiger partial charge in [-0.25, -0.2) is 4.99 Å². The van der Waals surface area contributed by atoms with Crippen LogP contribution in [0.15, 0.2) is 23.2 Å². The molecule has 2 aliphatic rings. The lowest BCUT2D eigenvalue weighted by atomic mass is 10.2. The minimum Gasteiger partial charge on any atom is -0.454 e. The van der Waals surface area contributed by atoms with Crippen LogP contribution in [0.25, 0.3) is 0 Å². The average molecular weight is 475 g/mol. The summed E-state index contributed by atoms with van der Waals surface area (Å²) in [4.78, 5) is 4.64. The van der Waals surface area contributed by atoms with Crippen molar-refractivity contribution >= 4 is 29.9 Å². The van der Waals surface area contributed by atoms with Crippen molar-refractivity contribution in [3.8, 4) is 11.5 Å². The van der Waals surface area contributed by atoms with Gasteiger partial charge < -0.3 is 24.8 Å². The van der Waals surface area contributed by atoms with Crippen LogP contribution in [0, 0.1) is 0 Å². The molecule has 1 aliphatic heterocycles. The summed E-state index contributed by atoms with van der Waals surface area (Å²) in [6, 6.07) is 5.95. The monoisotopic (exact) mass is 475 g/mol. The third-order valence-corrected chi connectivity index (χ3v) is 4.47. The first kappa shape index (κ1) is 21.1.